The van der Waals surface area contributed by atoms with E-state index in [2.05, 4.69) is 0 Å². The molecule has 0 spiro atoms. The number of benzene rings is 1. The minimum Gasteiger partial charge on any atom is -0.780 e. The Morgan fingerprint density at radius 3 is 1.75 bits per heavy atom. The quantitative estimate of drug-likeness (QED) is 0.518. The molecular weight excluding hydrogens is 301 g/mol. The fraction of sp³-hybridized carbons (Fsp3) is 0. The number of rotatable bonds is 0. The first-order valence-electron chi connectivity index (χ1n) is 2.11. The standard InChI is InChI=1S/C6H6S.Au/c7-6-4-2-1-3-5-6;/h1-5,7H;/p-1. The second kappa shape index (κ2) is 4.10. The first-order chi connectivity index (χ1) is 3.39. The van der Waals surface area contributed by atoms with Crippen LogP contribution in [0, 0.1) is 0 Å². The monoisotopic (exact) mass is 306 g/mol. The summed E-state index contributed by atoms with van der Waals surface area (Å²) < 4.78 is 0. The Morgan fingerprint density at radius 1 is 1.00 bits per heavy atom. The minimum absolute atomic E-state index is 0. The average Bonchev–Trinajstić information content (AvgIpc) is 1.69. The third-order valence-electron chi connectivity index (χ3n) is 0.743. The molecular formula is C6H5AuS-. The molecule has 1 rings (SSSR count). The van der Waals surface area contributed by atoms with Gasteiger partial charge in [0.25, 0.3) is 0 Å². The Bertz CT molecular complexity index is 138. The van der Waals surface area contributed by atoms with Gasteiger partial charge in [-0.15, -0.1) is 0 Å². The van der Waals surface area contributed by atoms with Gasteiger partial charge in [0.1, 0.15) is 0 Å². The van der Waals surface area contributed by atoms with Crippen LogP contribution >= 0.6 is 0 Å². The molecule has 0 atom stereocenters. The van der Waals surface area contributed by atoms with Crippen LogP contribution in [0.3, 0.4) is 0 Å². The fourth-order valence-electron chi connectivity index (χ4n) is 0.420. The predicted octanol–water partition coefficient (Wildman–Crippen LogP) is 1.59. The summed E-state index contributed by atoms with van der Waals surface area (Å²) in [5, 5.41) is 0. The number of hydrogen-bond donors (Lipinski definition) is 0. The van der Waals surface area contributed by atoms with E-state index in [9.17, 15) is 0 Å². The van der Waals surface area contributed by atoms with Gasteiger partial charge in [-0.05, 0) is 0 Å². The molecule has 1 aromatic carbocycles. The summed E-state index contributed by atoms with van der Waals surface area (Å²) in [7, 11) is 0. The van der Waals surface area contributed by atoms with Crippen molar-refractivity contribution in [2.45, 2.75) is 4.90 Å². The Hall–Kier alpha value is 0.180. The zero-order chi connectivity index (χ0) is 5.11. The molecule has 1 aromatic rings. The fourth-order valence-corrected chi connectivity index (χ4v) is 0.578. The van der Waals surface area contributed by atoms with Gasteiger partial charge in [0.2, 0.25) is 0 Å². The van der Waals surface area contributed by atoms with Crippen molar-refractivity contribution in [1.82, 2.24) is 0 Å². The molecule has 47 valence electrons. The van der Waals surface area contributed by atoms with Crippen molar-refractivity contribution >= 4 is 12.6 Å². The molecule has 0 saturated heterocycles. The van der Waals surface area contributed by atoms with Crippen LogP contribution in [0.2, 0.25) is 0 Å². The molecule has 0 heterocycles. The van der Waals surface area contributed by atoms with E-state index in [-0.39, 0.29) is 22.4 Å². The van der Waals surface area contributed by atoms with E-state index in [1.54, 1.807) is 0 Å². The van der Waals surface area contributed by atoms with E-state index < -0.39 is 0 Å². The number of hydrogen-bond acceptors (Lipinski definition) is 1. The zero-order valence-corrected chi connectivity index (χ0v) is 7.08. The zero-order valence-electron chi connectivity index (χ0n) is 4.10. The van der Waals surface area contributed by atoms with Crippen molar-refractivity contribution in [1.29, 1.82) is 0 Å². The summed E-state index contributed by atoms with van der Waals surface area (Å²) in [6.45, 7) is 0. The molecule has 0 fully saturated rings. The maximum atomic E-state index is 4.81. The van der Waals surface area contributed by atoms with Crippen molar-refractivity contribution in [2.75, 3.05) is 0 Å². The predicted molar refractivity (Wildman–Crippen MR) is 32.1 cm³/mol. The molecule has 1 radical (unpaired) electrons. The maximum Gasteiger partial charge on any atom is 0 e. The van der Waals surface area contributed by atoms with Gasteiger partial charge in [-0.2, -0.15) is 4.90 Å². The average molecular weight is 306 g/mol. The van der Waals surface area contributed by atoms with Crippen LogP contribution in [0.25, 0.3) is 0 Å². The van der Waals surface area contributed by atoms with Crippen LogP contribution in [0.15, 0.2) is 35.2 Å². The first kappa shape index (κ1) is 8.18. The molecule has 0 N–H and O–H groups in total. The van der Waals surface area contributed by atoms with Crippen molar-refractivity contribution in [3.05, 3.63) is 30.3 Å². The van der Waals surface area contributed by atoms with Crippen LogP contribution in [-0.4, -0.2) is 0 Å². The van der Waals surface area contributed by atoms with Gasteiger partial charge < -0.3 is 12.6 Å². The molecule has 0 nitrogen and oxygen atoms in total. The Balaban J connectivity index is 0.000000490. The van der Waals surface area contributed by atoms with E-state index in [1.165, 1.54) is 0 Å². The van der Waals surface area contributed by atoms with Gasteiger partial charge in [0.05, 0.1) is 0 Å². The van der Waals surface area contributed by atoms with E-state index in [0.29, 0.717) is 0 Å². The van der Waals surface area contributed by atoms with Crippen LogP contribution < -0.4 is 0 Å². The third-order valence-corrected chi connectivity index (χ3v) is 1.02. The Morgan fingerprint density at radius 2 is 1.50 bits per heavy atom. The van der Waals surface area contributed by atoms with Crippen molar-refractivity contribution < 1.29 is 22.4 Å². The van der Waals surface area contributed by atoms with E-state index in [4.69, 9.17) is 12.6 Å². The van der Waals surface area contributed by atoms with Crippen molar-refractivity contribution in [2.24, 2.45) is 0 Å². The van der Waals surface area contributed by atoms with Gasteiger partial charge in [0.15, 0.2) is 0 Å². The summed E-state index contributed by atoms with van der Waals surface area (Å²) >= 11 is 4.81. The largest absolute Gasteiger partial charge is 0.780 e. The summed E-state index contributed by atoms with van der Waals surface area (Å²) in [5.41, 5.74) is 0. The van der Waals surface area contributed by atoms with Gasteiger partial charge in [0, 0.05) is 22.4 Å². The summed E-state index contributed by atoms with van der Waals surface area (Å²) in [5.74, 6) is 0. The van der Waals surface area contributed by atoms with Gasteiger partial charge in [-0.1, -0.05) is 30.3 Å². The molecule has 8 heavy (non-hydrogen) atoms. The second-order valence-electron chi connectivity index (χ2n) is 1.31. The van der Waals surface area contributed by atoms with Crippen molar-refractivity contribution in [3.8, 4) is 0 Å². The summed E-state index contributed by atoms with van der Waals surface area (Å²) in [6.07, 6.45) is 0. The van der Waals surface area contributed by atoms with E-state index >= 15 is 0 Å². The minimum atomic E-state index is 0. The normalized spacial score (nSPS) is 7.50. The van der Waals surface area contributed by atoms with Crippen LogP contribution in [0.1, 0.15) is 0 Å². The molecule has 0 amide bonds. The topological polar surface area (TPSA) is 0 Å². The van der Waals surface area contributed by atoms with E-state index in [0.717, 1.165) is 4.90 Å². The third kappa shape index (κ3) is 2.48. The molecule has 0 aliphatic heterocycles. The second-order valence-corrected chi connectivity index (χ2v) is 1.78. The molecule has 2 heteroatoms. The molecule has 0 saturated carbocycles. The van der Waals surface area contributed by atoms with Crippen LogP contribution in [0.4, 0.5) is 0 Å². The maximum absolute atomic E-state index is 4.81. The molecule has 0 bridgehead atoms. The van der Waals surface area contributed by atoms with Gasteiger partial charge in [-0.25, -0.2) is 0 Å². The van der Waals surface area contributed by atoms with Gasteiger partial charge >= 0.3 is 0 Å². The first-order valence-corrected chi connectivity index (χ1v) is 2.52. The Labute approximate surface area is 70.2 Å². The van der Waals surface area contributed by atoms with Gasteiger partial charge in [-0.3, -0.25) is 0 Å². The molecule has 0 unspecified atom stereocenters. The van der Waals surface area contributed by atoms with Crippen molar-refractivity contribution in [3.63, 3.8) is 0 Å². The molecule has 0 aliphatic carbocycles. The van der Waals surface area contributed by atoms with Crippen LogP contribution in [0.5, 0.6) is 0 Å². The summed E-state index contributed by atoms with van der Waals surface area (Å²) in [6, 6.07) is 9.62. The van der Waals surface area contributed by atoms with E-state index in [1.807, 2.05) is 30.3 Å². The SMILES string of the molecule is [Au].[S-]c1ccccc1. The molecule has 0 aromatic heterocycles. The Kier molecular flexibility index (Phi) is 4.19. The summed E-state index contributed by atoms with van der Waals surface area (Å²) in [4.78, 5) is 0.905. The smallest absolute Gasteiger partial charge is 0 e. The van der Waals surface area contributed by atoms with Crippen LogP contribution in [-0.2, 0) is 35.0 Å². The molecule has 0 aliphatic rings.